The zero-order chi connectivity index (χ0) is 26.5. The van der Waals surface area contributed by atoms with Crippen LogP contribution in [0.1, 0.15) is 28.4 Å². The number of carbonyl (C=O) groups is 3. The van der Waals surface area contributed by atoms with Crippen molar-refractivity contribution in [2.45, 2.75) is 13.5 Å². The van der Waals surface area contributed by atoms with Gasteiger partial charge in [0.25, 0.3) is 11.1 Å². The number of thioether (sulfide) groups is 1. The Morgan fingerprint density at radius 3 is 2.43 bits per heavy atom. The van der Waals surface area contributed by atoms with Gasteiger partial charge >= 0.3 is 5.97 Å². The fourth-order valence-electron chi connectivity index (χ4n) is 3.47. The van der Waals surface area contributed by atoms with Gasteiger partial charge in [-0.2, -0.15) is 0 Å². The molecule has 0 radical (unpaired) electrons. The summed E-state index contributed by atoms with van der Waals surface area (Å²) < 4.78 is 17.1. The Bertz CT molecular complexity index is 1370. The van der Waals surface area contributed by atoms with Gasteiger partial charge in [-0.15, -0.1) is 0 Å². The molecule has 0 saturated carbocycles. The van der Waals surface area contributed by atoms with Crippen LogP contribution in [-0.2, 0) is 11.3 Å². The van der Waals surface area contributed by atoms with Gasteiger partial charge in [0.15, 0.2) is 11.5 Å². The highest BCUT2D eigenvalue weighted by molar-refractivity contribution is 14.1. The van der Waals surface area contributed by atoms with Crippen LogP contribution in [0.2, 0.25) is 5.02 Å². The number of halogens is 2. The SMILES string of the molecule is CCOc1cc(/C=C2\SC(=O)N(Cc3ccc(Cl)cc3)C2=O)cc(I)c1OC(=O)c1ccc(OC)cc1. The van der Waals surface area contributed by atoms with Gasteiger partial charge in [-0.1, -0.05) is 23.7 Å². The van der Waals surface area contributed by atoms with Gasteiger partial charge in [0.2, 0.25) is 0 Å². The summed E-state index contributed by atoms with van der Waals surface area (Å²) in [5.41, 5.74) is 1.79. The minimum Gasteiger partial charge on any atom is -0.497 e. The first-order valence-electron chi connectivity index (χ1n) is 11.1. The van der Waals surface area contributed by atoms with E-state index in [0.717, 1.165) is 17.3 Å². The number of esters is 1. The molecule has 1 saturated heterocycles. The zero-order valence-corrected chi connectivity index (χ0v) is 23.6. The van der Waals surface area contributed by atoms with E-state index in [1.807, 2.05) is 29.5 Å². The Labute approximate surface area is 236 Å². The standard InChI is InChI=1S/C27H21ClINO6S/c1-3-35-22-13-17(12-21(29)24(22)36-26(32)18-6-10-20(34-2)11-7-18)14-23-25(31)30(27(33)37-23)15-16-4-8-19(28)9-5-16/h4-14H,3,15H2,1-2H3/b23-14-. The molecule has 7 nitrogen and oxygen atoms in total. The Kier molecular flexibility index (Phi) is 8.78. The highest BCUT2D eigenvalue weighted by atomic mass is 127. The van der Waals surface area contributed by atoms with Crippen molar-refractivity contribution in [3.05, 3.63) is 90.9 Å². The molecule has 1 aliphatic rings. The predicted octanol–water partition coefficient (Wildman–Crippen LogP) is 6.81. The smallest absolute Gasteiger partial charge is 0.343 e. The van der Waals surface area contributed by atoms with E-state index in [0.29, 0.717) is 42.7 Å². The molecule has 0 aliphatic carbocycles. The predicted molar refractivity (Wildman–Crippen MR) is 151 cm³/mol. The summed E-state index contributed by atoms with van der Waals surface area (Å²) in [4.78, 5) is 39.8. The first kappa shape index (κ1) is 27.0. The number of rotatable bonds is 8. The van der Waals surface area contributed by atoms with E-state index in [-0.39, 0.29) is 23.4 Å². The molecule has 3 aromatic carbocycles. The summed E-state index contributed by atoms with van der Waals surface area (Å²) in [6.07, 6.45) is 1.63. The molecular formula is C27H21ClINO6S. The second-order valence-electron chi connectivity index (χ2n) is 7.78. The lowest BCUT2D eigenvalue weighted by Crippen LogP contribution is -2.27. The van der Waals surface area contributed by atoms with Crippen molar-refractivity contribution in [1.82, 2.24) is 4.90 Å². The van der Waals surface area contributed by atoms with Gasteiger partial charge in [0, 0.05) is 5.02 Å². The van der Waals surface area contributed by atoms with Crippen molar-refractivity contribution in [3.63, 3.8) is 0 Å². The first-order chi connectivity index (χ1) is 17.8. The van der Waals surface area contributed by atoms with Gasteiger partial charge in [-0.25, -0.2) is 4.79 Å². The average Bonchev–Trinajstić information content (AvgIpc) is 3.14. The maximum atomic E-state index is 13.0. The molecule has 3 aromatic rings. The molecule has 1 fully saturated rings. The molecule has 1 heterocycles. The van der Waals surface area contributed by atoms with Crippen molar-refractivity contribution >= 4 is 69.1 Å². The summed E-state index contributed by atoms with van der Waals surface area (Å²) in [6.45, 7) is 2.31. The molecule has 0 spiro atoms. The Balaban J connectivity index is 1.56. The largest absolute Gasteiger partial charge is 0.497 e. The van der Waals surface area contributed by atoms with Gasteiger partial charge in [-0.3, -0.25) is 14.5 Å². The normalized spacial score (nSPS) is 14.3. The summed E-state index contributed by atoms with van der Waals surface area (Å²) in [5, 5.41) is 0.228. The number of nitrogens with zero attached hydrogens (tertiary/aromatic N) is 1. The van der Waals surface area contributed by atoms with Crippen molar-refractivity contribution < 1.29 is 28.6 Å². The van der Waals surface area contributed by atoms with Crippen molar-refractivity contribution in [2.24, 2.45) is 0 Å². The monoisotopic (exact) mass is 649 g/mol. The van der Waals surface area contributed by atoms with Gasteiger partial charge in [-0.05, 0) is 107 Å². The third kappa shape index (κ3) is 6.46. The average molecular weight is 650 g/mol. The maximum Gasteiger partial charge on any atom is 0.343 e. The van der Waals surface area contributed by atoms with Crippen LogP contribution >= 0.6 is 46.0 Å². The van der Waals surface area contributed by atoms with E-state index in [2.05, 4.69) is 0 Å². The lowest BCUT2D eigenvalue weighted by atomic mass is 10.1. The maximum absolute atomic E-state index is 13.0. The van der Waals surface area contributed by atoms with Crippen LogP contribution < -0.4 is 14.2 Å². The zero-order valence-electron chi connectivity index (χ0n) is 19.8. The molecule has 37 heavy (non-hydrogen) atoms. The summed E-state index contributed by atoms with van der Waals surface area (Å²) in [6, 6.07) is 17.0. The summed E-state index contributed by atoms with van der Waals surface area (Å²) >= 11 is 8.84. The van der Waals surface area contributed by atoms with Crippen LogP contribution in [0.15, 0.2) is 65.6 Å². The van der Waals surface area contributed by atoms with E-state index in [1.54, 1.807) is 73.8 Å². The minimum absolute atomic E-state index is 0.154. The molecule has 0 N–H and O–H groups in total. The van der Waals surface area contributed by atoms with Crippen molar-refractivity contribution in [2.75, 3.05) is 13.7 Å². The Hall–Kier alpha value is -3.02. The number of amides is 2. The lowest BCUT2D eigenvalue weighted by Gasteiger charge is -2.14. The molecule has 0 bridgehead atoms. The van der Waals surface area contributed by atoms with Gasteiger partial charge < -0.3 is 14.2 Å². The molecule has 2 amide bonds. The van der Waals surface area contributed by atoms with E-state index in [9.17, 15) is 14.4 Å². The highest BCUT2D eigenvalue weighted by Gasteiger charge is 2.35. The van der Waals surface area contributed by atoms with E-state index in [1.165, 1.54) is 4.90 Å². The van der Waals surface area contributed by atoms with Gasteiger partial charge in [0.1, 0.15) is 5.75 Å². The van der Waals surface area contributed by atoms with E-state index < -0.39 is 5.97 Å². The fourth-order valence-corrected chi connectivity index (χ4v) is 5.17. The highest BCUT2D eigenvalue weighted by Crippen LogP contribution is 2.38. The first-order valence-corrected chi connectivity index (χ1v) is 13.4. The minimum atomic E-state index is -0.544. The Morgan fingerprint density at radius 2 is 1.78 bits per heavy atom. The van der Waals surface area contributed by atoms with Crippen LogP contribution in [0.3, 0.4) is 0 Å². The molecule has 10 heteroatoms. The molecule has 0 unspecified atom stereocenters. The van der Waals surface area contributed by atoms with Crippen LogP contribution in [0.4, 0.5) is 4.79 Å². The number of hydrogen-bond acceptors (Lipinski definition) is 7. The van der Waals surface area contributed by atoms with Crippen LogP contribution in [0.25, 0.3) is 6.08 Å². The number of carbonyl (C=O) groups excluding carboxylic acids is 3. The molecule has 190 valence electrons. The second-order valence-corrected chi connectivity index (χ2v) is 10.4. The molecular weight excluding hydrogens is 629 g/mol. The van der Waals surface area contributed by atoms with E-state index in [4.69, 9.17) is 25.8 Å². The third-order valence-electron chi connectivity index (χ3n) is 5.28. The van der Waals surface area contributed by atoms with Gasteiger partial charge in [0.05, 0.1) is 34.3 Å². The summed E-state index contributed by atoms with van der Waals surface area (Å²) in [7, 11) is 1.55. The fraction of sp³-hybridized carbons (Fsp3) is 0.148. The number of ether oxygens (including phenoxy) is 3. The van der Waals surface area contributed by atoms with Crippen molar-refractivity contribution in [3.8, 4) is 17.2 Å². The molecule has 1 aliphatic heterocycles. The lowest BCUT2D eigenvalue weighted by molar-refractivity contribution is -0.123. The number of methoxy groups -OCH3 is 1. The van der Waals surface area contributed by atoms with E-state index >= 15 is 0 Å². The molecule has 0 aromatic heterocycles. The summed E-state index contributed by atoms with van der Waals surface area (Å²) in [5.74, 6) is 0.327. The quantitative estimate of drug-likeness (QED) is 0.115. The van der Waals surface area contributed by atoms with Crippen LogP contribution in [0, 0.1) is 3.57 Å². The van der Waals surface area contributed by atoms with Crippen molar-refractivity contribution in [1.29, 1.82) is 0 Å². The second kappa shape index (κ2) is 12.0. The number of benzene rings is 3. The molecule has 0 atom stereocenters. The number of imide groups is 1. The molecule has 4 rings (SSSR count). The van der Waals surface area contributed by atoms with Crippen LogP contribution in [-0.4, -0.2) is 35.7 Å². The van der Waals surface area contributed by atoms with Crippen LogP contribution in [0.5, 0.6) is 17.2 Å². The Morgan fingerprint density at radius 1 is 1.08 bits per heavy atom. The number of hydrogen-bond donors (Lipinski definition) is 0. The topological polar surface area (TPSA) is 82.1 Å². The third-order valence-corrected chi connectivity index (χ3v) is 7.24.